The first-order valence-corrected chi connectivity index (χ1v) is 7.24. The Morgan fingerprint density at radius 2 is 1.86 bits per heavy atom. The van der Waals surface area contributed by atoms with E-state index < -0.39 is 0 Å². The van der Waals surface area contributed by atoms with Crippen molar-refractivity contribution in [1.82, 2.24) is 0 Å². The molecule has 1 fully saturated rings. The normalized spacial score (nSPS) is 21.2. The van der Waals surface area contributed by atoms with Crippen molar-refractivity contribution in [2.45, 2.75) is 31.3 Å². The molecule has 2 atom stereocenters. The molecule has 0 N–H and O–H groups in total. The third-order valence-electron chi connectivity index (χ3n) is 3.99. The Morgan fingerprint density at radius 3 is 2.62 bits per heavy atom. The zero-order valence-electron chi connectivity index (χ0n) is 11.7. The van der Waals surface area contributed by atoms with Gasteiger partial charge in [-0.1, -0.05) is 30.3 Å². The molecule has 2 unspecified atom stereocenters. The zero-order valence-corrected chi connectivity index (χ0v) is 11.7. The molecular weight excluding hydrogens is 267 g/mol. The first kappa shape index (κ1) is 13.8. The van der Waals surface area contributed by atoms with E-state index >= 15 is 0 Å². The van der Waals surface area contributed by atoms with E-state index in [0.29, 0.717) is 5.56 Å². The monoisotopic (exact) mass is 284 g/mol. The summed E-state index contributed by atoms with van der Waals surface area (Å²) in [4.78, 5) is 12.0. The minimum atomic E-state index is -0.277. The van der Waals surface area contributed by atoms with Crippen LogP contribution in [0.1, 0.15) is 41.1 Å². The number of rotatable bonds is 3. The van der Waals surface area contributed by atoms with Gasteiger partial charge in [0.25, 0.3) is 0 Å². The Balaban J connectivity index is 1.61. The van der Waals surface area contributed by atoms with Gasteiger partial charge in [0, 0.05) is 0 Å². The largest absolute Gasteiger partial charge is 0.459 e. The van der Waals surface area contributed by atoms with Crippen LogP contribution in [0.3, 0.4) is 0 Å². The third-order valence-corrected chi connectivity index (χ3v) is 3.99. The SMILES string of the molecule is O=C(OC1CCC(c2cccc(F)c2)C1)c1ccccc1. The fourth-order valence-electron chi connectivity index (χ4n) is 2.90. The molecule has 21 heavy (non-hydrogen) atoms. The van der Waals surface area contributed by atoms with Crippen LogP contribution < -0.4 is 0 Å². The Hall–Kier alpha value is -2.16. The molecule has 2 aromatic carbocycles. The van der Waals surface area contributed by atoms with Crippen LogP contribution in [-0.2, 0) is 4.74 Å². The van der Waals surface area contributed by atoms with E-state index in [2.05, 4.69) is 0 Å². The van der Waals surface area contributed by atoms with Gasteiger partial charge in [-0.3, -0.25) is 0 Å². The van der Waals surface area contributed by atoms with Gasteiger partial charge in [0.05, 0.1) is 5.56 Å². The summed E-state index contributed by atoms with van der Waals surface area (Å²) in [5.41, 5.74) is 1.57. The van der Waals surface area contributed by atoms with Crippen LogP contribution in [0.5, 0.6) is 0 Å². The fourth-order valence-corrected chi connectivity index (χ4v) is 2.90. The highest BCUT2D eigenvalue weighted by molar-refractivity contribution is 5.89. The van der Waals surface area contributed by atoms with Crippen LogP contribution in [0.4, 0.5) is 4.39 Å². The van der Waals surface area contributed by atoms with Gasteiger partial charge < -0.3 is 4.74 Å². The molecule has 0 radical (unpaired) electrons. The van der Waals surface area contributed by atoms with Crippen molar-refractivity contribution in [3.05, 3.63) is 71.5 Å². The van der Waals surface area contributed by atoms with Crippen LogP contribution in [0, 0.1) is 5.82 Å². The number of carbonyl (C=O) groups is 1. The predicted octanol–water partition coefficient (Wildman–Crippen LogP) is 4.32. The van der Waals surface area contributed by atoms with Crippen molar-refractivity contribution >= 4 is 5.97 Å². The van der Waals surface area contributed by atoms with E-state index in [1.54, 1.807) is 24.3 Å². The van der Waals surface area contributed by atoms with Gasteiger partial charge in [-0.15, -0.1) is 0 Å². The van der Waals surface area contributed by atoms with Gasteiger partial charge in [0.2, 0.25) is 0 Å². The molecule has 0 amide bonds. The van der Waals surface area contributed by atoms with Crippen molar-refractivity contribution in [3.8, 4) is 0 Å². The second-order valence-electron chi connectivity index (χ2n) is 5.46. The topological polar surface area (TPSA) is 26.3 Å². The molecule has 0 bridgehead atoms. The lowest BCUT2D eigenvalue weighted by Crippen LogP contribution is -2.15. The number of carbonyl (C=O) groups excluding carboxylic acids is 1. The minimum absolute atomic E-state index is 0.0778. The van der Waals surface area contributed by atoms with Crippen molar-refractivity contribution in [1.29, 1.82) is 0 Å². The summed E-state index contributed by atoms with van der Waals surface area (Å²) in [6.07, 6.45) is 2.45. The lowest BCUT2D eigenvalue weighted by molar-refractivity contribution is 0.0315. The number of hydrogen-bond donors (Lipinski definition) is 0. The molecule has 0 aliphatic heterocycles. The molecule has 1 aliphatic carbocycles. The number of esters is 1. The molecule has 0 spiro atoms. The molecule has 1 saturated carbocycles. The average molecular weight is 284 g/mol. The maximum atomic E-state index is 13.3. The molecule has 3 rings (SSSR count). The first-order valence-electron chi connectivity index (χ1n) is 7.24. The molecule has 0 saturated heterocycles. The Labute approximate surface area is 123 Å². The highest BCUT2D eigenvalue weighted by Gasteiger charge is 2.29. The molecule has 2 aromatic rings. The fraction of sp³-hybridized carbons (Fsp3) is 0.278. The number of ether oxygens (including phenoxy) is 1. The van der Waals surface area contributed by atoms with E-state index in [1.165, 1.54) is 6.07 Å². The molecular formula is C18H17FO2. The summed E-state index contributed by atoms with van der Waals surface area (Å²) in [6, 6.07) is 15.7. The van der Waals surface area contributed by atoms with Crippen molar-refractivity contribution in [2.24, 2.45) is 0 Å². The van der Waals surface area contributed by atoms with Crippen LogP contribution in [0.15, 0.2) is 54.6 Å². The molecule has 0 aromatic heterocycles. The lowest BCUT2D eigenvalue weighted by Gasteiger charge is -2.13. The van der Waals surface area contributed by atoms with Crippen LogP contribution in [0.2, 0.25) is 0 Å². The summed E-state index contributed by atoms with van der Waals surface area (Å²) in [5, 5.41) is 0. The zero-order chi connectivity index (χ0) is 14.7. The molecule has 0 heterocycles. The number of hydrogen-bond acceptors (Lipinski definition) is 2. The van der Waals surface area contributed by atoms with Gasteiger partial charge >= 0.3 is 5.97 Å². The van der Waals surface area contributed by atoms with E-state index in [4.69, 9.17) is 4.74 Å². The van der Waals surface area contributed by atoms with Crippen molar-refractivity contribution in [2.75, 3.05) is 0 Å². The van der Waals surface area contributed by atoms with Gasteiger partial charge in [-0.2, -0.15) is 0 Å². The minimum Gasteiger partial charge on any atom is -0.459 e. The van der Waals surface area contributed by atoms with E-state index in [1.807, 2.05) is 24.3 Å². The summed E-state index contributed by atoms with van der Waals surface area (Å²) >= 11 is 0. The van der Waals surface area contributed by atoms with Crippen LogP contribution >= 0.6 is 0 Å². The Bertz CT molecular complexity index is 624. The maximum Gasteiger partial charge on any atom is 0.338 e. The van der Waals surface area contributed by atoms with E-state index in [-0.39, 0.29) is 23.8 Å². The molecule has 3 heteroatoms. The van der Waals surface area contributed by atoms with E-state index in [9.17, 15) is 9.18 Å². The van der Waals surface area contributed by atoms with Gasteiger partial charge in [0.1, 0.15) is 11.9 Å². The smallest absolute Gasteiger partial charge is 0.338 e. The quantitative estimate of drug-likeness (QED) is 0.785. The Kier molecular flexibility index (Phi) is 4.00. The highest BCUT2D eigenvalue weighted by atomic mass is 19.1. The molecule has 1 aliphatic rings. The standard InChI is InChI=1S/C18H17FO2/c19-16-8-4-7-14(11-16)15-9-10-17(12-15)21-18(20)13-5-2-1-3-6-13/h1-8,11,15,17H,9-10,12H2. The number of halogens is 1. The summed E-state index contributed by atoms with van der Waals surface area (Å²) in [5.74, 6) is -0.216. The lowest BCUT2D eigenvalue weighted by atomic mass is 9.98. The molecule has 2 nitrogen and oxygen atoms in total. The number of benzene rings is 2. The van der Waals surface area contributed by atoms with Crippen molar-refractivity contribution in [3.63, 3.8) is 0 Å². The highest BCUT2D eigenvalue weighted by Crippen LogP contribution is 2.36. The van der Waals surface area contributed by atoms with Crippen molar-refractivity contribution < 1.29 is 13.9 Å². The summed E-state index contributed by atoms with van der Waals surface area (Å²) in [6.45, 7) is 0. The van der Waals surface area contributed by atoms with Gasteiger partial charge in [0.15, 0.2) is 0 Å². The second-order valence-corrected chi connectivity index (χ2v) is 5.46. The van der Waals surface area contributed by atoms with E-state index in [0.717, 1.165) is 24.8 Å². The Morgan fingerprint density at radius 1 is 1.05 bits per heavy atom. The first-order chi connectivity index (χ1) is 10.2. The average Bonchev–Trinajstić information content (AvgIpc) is 2.97. The summed E-state index contributed by atoms with van der Waals surface area (Å²) < 4.78 is 18.8. The maximum absolute atomic E-state index is 13.3. The van der Waals surface area contributed by atoms with Crippen LogP contribution in [-0.4, -0.2) is 12.1 Å². The molecule has 108 valence electrons. The predicted molar refractivity (Wildman–Crippen MR) is 78.6 cm³/mol. The summed E-state index contributed by atoms with van der Waals surface area (Å²) in [7, 11) is 0. The second kappa shape index (κ2) is 6.08. The van der Waals surface area contributed by atoms with Gasteiger partial charge in [-0.05, 0) is 55.0 Å². The van der Waals surface area contributed by atoms with Crippen LogP contribution in [0.25, 0.3) is 0 Å². The third kappa shape index (κ3) is 3.30. The van der Waals surface area contributed by atoms with Gasteiger partial charge in [-0.25, -0.2) is 9.18 Å².